The third-order valence-corrected chi connectivity index (χ3v) is 1.74. The van der Waals surface area contributed by atoms with E-state index in [-0.39, 0.29) is 0 Å². The minimum atomic E-state index is 0.570. The summed E-state index contributed by atoms with van der Waals surface area (Å²) in [5.41, 5.74) is 6.45. The van der Waals surface area contributed by atoms with Gasteiger partial charge in [0.2, 0.25) is 0 Å². The highest BCUT2D eigenvalue weighted by Gasteiger charge is 1.89. The Morgan fingerprint density at radius 1 is 1.43 bits per heavy atom. The van der Waals surface area contributed by atoms with E-state index in [9.17, 15) is 0 Å². The van der Waals surface area contributed by atoms with Gasteiger partial charge in [-0.2, -0.15) is 0 Å². The second-order valence-electron chi connectivity index (χ2n) is 2.73. The molecule has 1 aromatic carbocycles. The molecular weight excluding hydrogens is 176 g/mol. The maximum atomic E-state index is 5.28. The third kappa shape index (κ3) is 3.31. The molecule has 0 saturated heterocycles. The Hall–Kier alpha value is -1.77. The fourth-order valence-corrected chi connectivity index (χ4v) is 0.988. The zero-order valence-electron chi connectivity index (χ0n) is 8.18. The first-order valence-corrected chi connectivity index (χ1v) is 4.36. The lowest BCUT2D eigenvalue weighted by atomic mass is 10.2. The van der Waals surface area contributed by atoms with Gasteiger partial charge in [-0.25, -0.2) is 0 Å². The van der Waals surface area contributed by atoms with Crippen LogP contribution in [-0.4, -0.2) is 13.3 Å². The van der Waals surface area contributed by atoms with E-state index in [0.29, 0.717) is 12.3 Å². The fraction of sp³-hybridized carbons (Fsp3) is 0.182. The number of benzene rings is 1. The van der Waals surface area contributed by atoms with Crippen molar-refractivity contribution in [3.63, 3.8) is 0 Å². The van der Waals surface area contributed by atoms with Crippen LogP contribution < -0.4 is 5.73 Å². The molecule has 0 amide bonds. The van der Waals surface area contributed by atoms with Crippen molar-refractivity contribution in [2.75, 3.05) is 7.11 Å². The lowest BCUT2D eigenvalue weighted by Crippen LogP contribution is -1.93. The smallest absolute Gasteiger partial charge is 0.152 e. The summed E-state index contributed by atoms with van der Waals surface area (Å²) in [5.74, 6) is 0.570. The molecule has 0 aliphatic heterocycles. The topological polar surface area (TPSA) is 47.6 Å². The highest BCUT2D eigenvalue weighted by molar-refractivity contribution is 5.75. The predicted molar refractivity (Wildman–Crippen MR) is 57.9 cm³/mol. The summed E-state index contributed by atoms with van der Waals surface area (Å²) in [6, 6.07) is 10.0. The number of aliphatic imine (C=N–C) groups is 1. The molecule has 0 atom stereocenters. The molecule has 0 bridgehead atoms. The lowest BCUT2D eigenvalue weighted by Gasteiger charge is -1.97. The van der Waals surface area contributed by atoms with Gasteiger partial charge in [0.05, 0.1) is 19.9 Å². The molecule has 0 heterocycles. The van der Waals surface area contributed by atoms with Gasteiger partial charge in [0, 0.05) is 6.20 Å². The van der Waals surface area contributed by atoms with Crippen molar-refractivity contribution in [3.05, 3.63) is 47.9 Å². The van der Waals surface area contributed by atoms with Gasteiger partial charge in [-0.05, 0) is 5.56 Å². The quantitative estimate of drug-likeness (QED) is 0.580. The summed E-state index contributed by atoms with van der Waals surface area (Å²) >= 11 is 0. The Balaban J connectivity index is 2.49. The molecule has 2 N–H and O–H groups in total. The van der Waals surface area contributed by atoms with Crippen LogP contribution in [0.5, 0.6) is 0 Å². The van der Waals surface area contributed by atoms with E-state index < -0.39 is 0 Å². The van der Waals surface area contributed by atoms with E-state index in [2.05, 4.69) is 4.99 Å². The second-order valence-corrected chi connectivity index (χ2v) is 2.73. The van der Waals surface area contributed by atoms with Crippen molar-refractivity contribution < 1.29 is 4.74 Å². The van der Waals surface area contributed by atoms with Gasteiger partial charge in [0.15, 0.2) is 5.76 Å². The highest BCUT2D eigenvalue weighted by atomic mass is 16.5. The van der Waals surface area contributed by atoms with Crippen molar-refractivity contribution in [1.82, 2.24) is 0 Å². The number of ether oxygens (including phenoxy) is 1. The molecule has 0 saturated carbocycles. The number of methoxy groups -OCH3 is 1. The van der Waals surface area contributed by atoms with Gasteiger partial charge in [-0.1, -0.05) is 30.3 Å². The van der Waals surface area contributed by atoms with Crippen LogP contribution in [0.1, 0.15) is 5.56 Å². The van der Waals surface area contributed by atoms with Gasteiger partial charge in [-0.3, -0.25) is 4.99 Å². The number of allylic oxidation sites excluding steroid dienone is 1. The van der Waals surface area contributed by atoms with Crippen LogP contribution in [0.25, 0.3) is 0 Å². The number of nitrogens with two attached hydrogens (primary N) is 1. The molecule has 3 nitrogen and oxygen atoms in total. The van der Waals surface area contributed by atoms with Gasteiger partial charge in [-0.15, -0.1) is 0 Å². The monoisotopic (exact) mass is 190 g/mol. The van der Waals surface area contributed by atoms with E-state index in [1.54, 1.807) is 13.3 Å². The maximum Gasteiger partial charge on any atom is 0.152 e. The summed E-state index contributed by atoms with van der Waals surface area (Å²) in [6.07, 6.45) is 3.00. The summed E-state index contributed by atoms with van der Waals surface area (Å²) in [4.78, 5) is 4.19. The molecule has 1 rings (SSSR count). The predicted octanol–water partition coefficient (Wildman–Crippen LogP) is 1.70. The Labute approximate surface area is 83.9 Å². The van der Waals surface area contributed by atoms with Crippen LogP contribution in [-0.2, 0) is 11.3 Å². The average molecular weight is 190 g/mol. The molecule has 0 aliphatic carbocycles. The number of hydrogen-bond donors (Lipinski definition) is 1. The minimum absolute atomic E-state index is 0.570. The molecule has 0 radical (unpaired) electrons. The van der Waals surface area contributed by atoms with E-state index in [0.717, 1.165) is 5.56 Å². The fourth-order valence-electron chi connectivity index (χ4n) is 0.988. The highest BCUT2D eigenvalue weighted by Crippen LogP contribution is 2.00. The van der Waals surface area contributed by atoms with Crippen LogP contribution in [0.4, 0.5) is 0 Å². The Bertz CT molecular complexity index is 317. The van der Waals surface area contributed by atoms with Crippen molar-refractivity contribution in [2.24, 2.45) is 10.7 Å². The van der Waals surface area contributed by atoms with E-state index in [4.69, 9.17) is 10.5 Å². The van der Waals surface area contributed by atoms with Gasteiger partial charge in [0.1, 0.15) is 0 Å². The first kappa shape index (κ1) is 10.3. The molecule has 1 aromatic rings. The maximum absolute atomic E-state index is 5.28. The van der Waals surface area contributed by atoms with Crippen LogP contribution in [0, 0.1) is 0 Å². The van der Waals surface area contributed by atoms with Gasteiger partial charge < -0.3 is 10.5 Å². The lowest BCUT2D eigenvalue weighted by molar-refractivity contribution is 0.316. The summed E-state index contributed by atoms with van der Waals surface area (Å²) in [5, 5.41) is 0. The molecule has 74 valence electrons. The molecule has 0 spiro atoms. The largest absolute Gasteiger partial charge is 0.494 e. The number of hydrogen-bond acceptors (Lipinski definition) is 3. The second kappa shape index (κ2) is 5.80. The molecular formula is C11H14N2O. The third-order valence-electron chi connectivity index (χ3n) is 1.74. The Morgan fingerprint density at radius 2 is 2.14 bits per heavy atom. The van der Waals surface area contributed by atoms with Crippen LogP contribution in [0.2, 0.25) is 0 Å². The zero-order valence-corrected chi connectivity index (χ0v) is 8.18. The van der Waals surface area contributed by atoms with E-state index >= 15 is 0 Å². The Morgan fingerprint density at radius 3 is 2.71 bits per heavy atom. The Kier molecular flexibility index (Phi) is 4.27. The van der Waals surface area contributed by atoms with Crippen molar-refractivity contribution >= 4 is 6.21 Å². The first-order valence-electron chi connectivity index (χ1n) is 4.36. The molecule has 3 heteroatoms. The van der Waals surface area contributed by atoms with E-state index in [1.165, 1.54) is 6.20 Å². The number of rotatable bonds is 4. The molecule has 0 aliphatic rings. The number of nitrogens with zero attached hydrogens (tertiary/aromatic N) is 1. The summed E-state index contributed by atoms with van der Waals surface area (Å²) in [6.45, 7) is 0.640. The van der Waals surface area contributed by atoms with Crippen molar-refractivity contribution in [3.8, 4) is 0 Å². The van der Waals surface area contributed by atoms with Gasteiger partial charge in [0.25, 0.3) is 0 Å². The standard InChI is InChI=1S/C11H14N2O/c1-14-11(7-12)9-13-8-10-5-3-2-4-6-10/h2-7,9H,8,12H2,1H3. The summed E-state index contributed by atoms with van der Waals surface area (Å²) in [7, 11) is 1.56. The van der Waals surface area contributed by atoms with Crippen LogP contribution in [0.3, 0.4) is 0 Å². The van der Waals surface area contributed by atoms with Crippen LogP contribution >= 0.6 is 0 Å². The average Bonchev–Trinajstić information content (AvgIpc) is 2.26. The van der Waals surface area contributed by atoms with Crippen molar-refractivity contribution in [1.29, 1.82) is 0 Å². The minimum Gasteiger partial charge on any atom is -0.494 e. The molecule has 0 unspecified atom stereocenters. The molecule has 0 aromatic heterocycles. The van der Waals surface area contributed by atoms with E-state index in [1.807, 2.05) is 30.3 Å². The SMILES string of the molecule is COC(C=NCc1ccccc1)=CN. The normalized spacial score (nSPS) is 11.9. The molecule has 0 fully saturated rings. The zero-order chi connectivity index (χ0) is 10.2. The van der Waals surface area contributed by atoms with Gasteiger partial charge >= 0.3 is 0 Å². The first-order chi connectivity index (χ1) is 6.86. The molecule has 14 heavy (non-hydrogen) atoms. The summed E-state index contributed by atoms with van der Waals surface area (Å²) < 4.78 is 4.92. The van der Waals surface area contributed by atoms with Crippen LogP contribution in [0.15, 0.2) is 47.3 Å². The van der Waals surface area contributed by atoms with Crippen molar-refractivity contribution in [2.45, 2.75) is 6.54 Å².